The zero-order valence-corrected chi connectivity index (χ0v) is 11.3. The average molecular weight is 257 g/mol. The zero-order chi connectivity index (χ0) is 14.0. The van der Waals surface area contributed by atoms with Crippen LogP contribution >= 0.6 is 0 Å². The van der Waals surface area contributed by atoms with Crippen LogP contribution in [0.5, 0.6) is 0 Å². The minimum atomic E-state index is -0.333. The monoisotopic (exact) mass is 257 g/mol. The molecule has 2 aromatic carbocycles. The van der Waals surface area contributed by atoms with Gasteiger partial charge in [0.05, 0.1) is 0 Å². The summed E-state index contributed by atoms with van der Waals surface area (Å²) in [4.78, 5) is 12.1. The molecule has 0 atom stereocenters. The maximum Gasteiger partial charge on any atom is 0.255 e. The van der Waals surface area contributed by atoms with E-state index in [2.05, 4.69) is 5.32 Å². The number of carbonyl (C=O) groups excluding carboxylic acids is 1. The number of halogens is 1. The first-order valence-electron chi connectivity index (χ1n) is 6.12. The first kappa shape index (κ1) is 13.3. The van der Waals surface area contributed by atoms with Gasteiger partial charge in [0.15, 0.2) is 0 Å². The van der Waals surface area contributed by atoms with E-state index in [-0.39, 0.29) is 11.7 Å². The molecule has 2 rings (SSSR count). The summed E-state index contributed by atoms with van der Waals surface area (Å²) in [5.74, 6) is -0.551. The highest BCUT2D eigenvalue weighted by atomic mass is 19.1. The number of carbonyl (C=O) groups is 1. The lowest BCUT2D eigenvalue weighted by Gasteiger charge is -2.10. The third-order valence-electron chi connectivity index (χ3n) is 3.06. The van der Waals surface area contributed by atoms with Crippen molar-refractivity contribution in [3.05, 3.63) is 64.5 Å². The predicted molar refractivity (Wildman–Crippen MR) is 75.0 cm³/mol. The molecule has 0 aliphatic rings. The van der Waals surface area contributed by atoms with Gasteiger partial charge in [-0.15, -0.1) is 0 Å². The highest BCUT2D eigenvalue weighted by Gasteiger charge is 2.11. The molecule has 0 radical (unpaired) electrons. The fourth-order valence-electron chi connectivity index (χ4n) is 2.03. The Labute approximate surface area is 112 Å². The topological polar surface area (TPSA) is 29.1 Å². The number of hydrogen-bond acceptors (Lipinski definition) is 1. The van der Waals surface area contributed by atoms with Gasteiger partial charge in [-0.3, -0.25) is 4.79 Å². The lowest BCUT2D eigenvalue weighted by atomic mass is 10.1. The van der Waals surface area contributed by atoms with Crippen molar-refractivity contribution in [3.63, 3.8) is 0 Å². The molecule has 0 unspecified atom stereocenters. The standard InChI is InChI=1S/C16H16FNO/c1-10-4-7-15(12(3)8-10)18-16(19)14-6-5-13(17)9-11(14)2/h4-9H,1-3H3,(H,18,19). The molecule has 0 bridgehead atoms. The van der Waals surface area contributed by atoms with Crippen molar-refractivity contribution < 1.29 is 9.18 Å². The Morgan fingerprint density at radius 1 is 1.00 bits per heavy atom. The van der Waals surface area contributed by atoms with Gasteiger partial charge in [-0.25, -0.2) is 4.39 Å². The van der Waals surface area contributed by atoms with Crippen molar-refractivity contribution in [2.75, 3.05) is 5.32 Å². The summed E-state index contributed by atoms with van der Waals surface area (Å²) < 4.78 is 13.0. The lowest BCUT2D eigenvalue weighted by Crippen LogP contribution is -2.14. The first-order chi connectivity index (χ1) is 8.97. The van der Waals surface area contributed by atoms with Crippen molar-refractivity contribution >= 4 is 11.6 Å². The van der Waals surface area contributed by atoms with Crippen LogP contribution < -0.4 is 5.32 Å². The Morgan fingerprint density at radius 2 is 1.74 bits per heavy atom. The van der Waals surface area contributed by atoms with Gasteiger partial charge in [0.2, 0.25) is 0 Å². The maximum atomic E-state index is 13.0. The van der Waals surface area contributed by atoms with Crippen LogP contribution in [0.3, 0.4) is 0 Å². The highest BCUT2D eigenvalue weighted by Crippen LogP contribution is 2.18. The van der Waals surface area contributed by atoms with Crippen LogP contribution in [0.1, 0.15) is 27.0 Å². The lowest BCUT2D eigenvalue weighted by molar-refractivity contribution is 0.102. The molecule has 19 heavy (non-hydrogen) atoms. The van der Waals surface area contributed by atoms with Gasteiger partial charge in [-0.2, -0.15) is 0 Å². The van der Waals surface area contributed by atoms with Crippen LogP contribution in [0.25, 0.3) is 0 Å². The number of rotatable bonds is 2. The number of aryl methyl sites for hydroxylation is 3. The van der Waals surface area contributed by atoms with Crippen molar-refractivity contribution in [1.29, 1.82) is 0 Å². The molecule has 0 spiro atoms. The molecule has 3 heteroatoms. The summed E-state index contributed by atoms with van der Waals surface area (Å²) in [6.07, 6.45) is 0. The van der Waals surface area contributed by atoms with Crippen LogP contribution in [0.15, 0.2) is 36.4 Å². The summed E-state index contributed by atoms with van der Waals surface area (Å²) in [5, 5.41) is 2.85. The molecule has 2 nitrogen and oxygen atoms in total. The summed E-state index contributed by atoms with van der Waals surface area (Å²) >= 11 is 0. The number of nitrogens with one attached hydrogen (secondary N) is 1. The molecular weight excluding hydrogens is 241 g/mol. The smallest absolute Gasteiger partial charge is 0.255 e. The molecule has 0 saturated carbocycles. The second kappa shape index (κ2) is 5.22. The Bertz CT molecular complexity index is 635. The minimum Gasteiger partial charge on any atom is -0.322 e. The molecule has 2 aromatic rings. The third-order valence-corrected chi connectivity index (χ3v) is 3.06. The Hall–Kier alpha value is -2.16. The van der Waals surface area contributed by atoms with E-state index in [1.807, 2.05) is 32.0 Å². The van der Waals surface area contributed by atoms with Gasteiger partial charge >= 0.3 is 0 Å². The number of hydrogen-bond donors (Lipinski definition) is 1. The van der Waals surface area contributed by atoms with Crippen molar-refractivity contribution in [2.45, 2.75) is 20.8 Å². The van der Waals surface area contributed by atoms with Gasteiger partial charge in [0, 0.05) is 11.3 Å². The molecule has 0 saturated heterocycles. The fourth-order valence-corrected chi connectivity index (χ4v) is 2.03. The van der Waals surface area contributed by atoms with E-state index in [0.29, 0.717) is 11.1 Å². The first-order valence-corrected chi connectivity index (χ1v) is 6.12. The minimum absolute atomic E-state index is 0.218. The van der Waals surface area contributed by atoms with Gasteiger partial charge in [0.1, 0.15) is 5.82 Å². The van der Waals surface area contributed by atoms with Crippen LogP contribution in [0.2, 0.25) is 0 Å². The van der Waals surface area contributed by atoms with Gasteiger partial charge < -0.3 is 5.32 Å². The second-order valence-corrected chi connectivity index (χ2v) is 4.73. The molecule has 0 aromatic heterocycles. The molecule has 0 aliphatic heterocycles. The molecule has 0 fully saturated rings. The Kier molecular flexibility index (Phi) is 3.65. The van der Waals surface area contributed by atoms with E-state index in [1.54, 1.807) is 6.92 Å². The van der Waals surface area contributed by atoms with Gasteiger partial charge in [-0.05, 0) is 56.2 Å². The molecule has 1 N–H and O–H groups in total. The number of anilines is 1. The molecule has 1 amide bonds. The van der Waals surface area contributed by atoms with Gasteiger partial charge in [-0.1, -0.05) is 17.7 Å². The second-order valence-electron chi connectivity index (χ2n) is 4.73. The zero-order valence-electron chi connectivity index (χ0n) is 11.3. The van der Waals surface area contributed by atoms with E-state index in [0.717, 1.165) is 16.8 Å². The Balaban J connectivity index is 2.25. The van der Waals surface area contributed by atoms with Crippen molar-refractivity contribution in [3.8, 4) is 0 Å². The van der Waals surface area contributed by atoms with Crippen LogP contribution in [0, 0.1) is 26.6 Å². The summed E-state index contributed by atoms with van der Waals surface area (Å²) in [5.41, 5.74) is 4.05. The fraction of sp³-hybridized carbons (Fsp3) is 0.188. The van der Waals surface area contributed by atoms with Crippen LogP contribution in [-0.2, 0) is 0 Å². The molecule has 0 aliphatic carbocycles. The van der Waals surface area contributed by atoms with E-state index in [9.17, 15) is 9.18 Å². The largest absolute Gasteiger partial charge is 0.322 e. The maximum absolute atomic E-state index is 13.0. The Morgan fingerprint density at radius 3 is 2.37 bits per heavy atom. The molecular formula is C16H16FNO. The SMILES string of the molecule is Cc1ccc(NC(=O)c2ccc(F)cc2C)c(C)c1. The quantitative estimate of drug-likeness (QED) is 0.865. The van der Waals surface area contributed by atoms with Gasteiger partial charge in [0.25, 0.3) is 5.91 Å². The van der Waals surface area contributed by atoms with E-state index in [1.165, 1.54) is 18.2 Å². The summed E-state index contributed by atoms with van der Waals surface area (Å²) in [6.45, 7) is 5.67. The number of amides is 1. The number of benzene rings is 2. The molecule has 98 valence electrons. The van der Waals surface area contributed by atoms with Crippen molar-refractivity contribution in [1.82, 2.24) is 0 Å². The predicted octanol–water partition coefficient (Wildman–Crippen LogP) is 4.00. The van der Waals surface area contributed by atoms with E-state index >= 15 is 0 Å². The summed E-state index contributed by atoms with van der Waals surface area (Å²) in [7, 11) is 0. The van der Waals surface area contributed by atoms with E-state index in [4.69, 9.17) is 0 Å². The average Bonchev–Trinajstić information content (AvgIpc) is 2.32. The highest BCUT2D eigenvalue weighted by molar-refractivity contribution is 6.05. The van der Waals surface area contributed by atoms with Crippen LogP contribution in [0.4, 0.5) is 10.1 Å². The summed E-state index contributed by atoms with van der Waals surface area (Å²) in [6, 6.07) is 9.99. The van der Waals surface area contributed by atoms with E-state index < -0.39 is 0 Å². The van der Waals surface area contributed by atoms with Crippen LogP contribution in [-0.4, -0.2) is 5.91 Å². The molecule has 0 heterocycles. The third kappa shape index (κ3) is 2.99. The van der Waals surface area contributed by atoms with Crippen molar-refractivity contribution in [2.24, 2.45) is 0 Å². The normalized spacial score (nSPS) is 10.3.